The van der Waals surface area contributed by atoms with Gasteiger partial charge in [-0.05, 0) is 31.2 Å². The lowest BCUT2D eigenvalue weighted by atomic mass is 10.2. The second-order valence-electron chi connectivity index (χ2n) is 4.76. The molecule has 0 unspecified atom stereocenters. The number of halogens is 1. The third-order valence-electron chi connectivity index (χ3n) is 2.84. The van der Waals surface area contributed by atoms with Crippen molar-refractivity contribution in [1.29, 1.82) is 0 Å². The number of esters is 2. The van der Waals surface area contributed by atoms with Crippen LogP contribution in [0.15, 0.2) is 29.6 Å². The summed E-state index contributed by atoms with van der Waals surface area (Å²) >= 11 is 6.90. The second kappa shape index (κ2) is 9.14. The van der Waals surface area contributed by atoms with Gasteiger partial charge in [0.25, 0.3) is 5.91 Å². The highest BCUT2D eigenvalue weighted by Gasteiger charge is 2.13. The van der Waals surface area contributed by atoms with E-state index in [4.69, 9.17) is 21.1 Å². The smallest absolute Gasteiger partial charge is 0.338 e. The number of hydrogen-bond donors (Lipinski definition) is 1. The fourth-order valence-electron chi connectivity index (χ4n) is 1.76. The highest BCUT2D eigenvalue weighted by molar-refractivity contribution is 7.13. The summed E-state index contributed by atoms with van der Waals surface area (Å²) in [5, 5.41) is 4.96. The van der Waals surface area contributed by atoms with Crippen molar-refractivity contribution >= 4 is 45.9 Å². The first-order valence-corrected chi connectivity index (χ1v) is 8.56. The van der Waals surface area contributed by atoms with Gasteiger partial charge in [0.2, 0.25) is 0 Å². The molecule has 132 valence electrons. The number of aromatic nitrogens is 1. The number of anilines is 1. The summed E-state index contributed by atoms with van der Waals surface area (Å²) in [5.74, 6) is -1.55. The number of ether oxygens (including phenoxy) is 2. The van der Waals surface area contributed by atoms with Crippen molar-refractivity contribution in [3.8, 4) is 0 Å². The lowest BCUT2D eigenvalue weighted by molar-refractivity contribution is -0.142. The molecule has 7 nitrogen and oxygen atoms in total. The summed E-state index contributed by atoms with van der Waals surface area (Å²) in [4.78, 5) is 39.1. The van der Waals surface area contributed by atoms with E-state index in [0.29, 0.717) is 28.0 Å². The standard InChI is InChI=1S/C16H15ClN2O5S/c1-2-23-14(21)7-12-9-25-16(18-12)19-13(20)8-24-15(22)10-3-5-11(17)6-4-10/h3-6,9H,2,7-8H2,1H3,(H,18,19,20). The Balaban J connectivity index is 1.80. The first-order valence-electron chi connectivity index (χ1n) is 7.30. The van der Waals surface area contributed by atoms with Gasteiger partial charge in [0.1, 0.15) is 0 Å². The van der Waals surface area contributed by atoms with Gasteiger partial charge in [0, 0.05) is 10.4 Å². The summed E-state index contributed by atoms with van der Waals surface area (Å²) in [6.07, 6.45) is 0.0335. The lowest BCUT2D eigenvalue weighted by Crippen LogP contribution is -2.21. The number of rotatable bonds is 7. The van der Waals surface area contributed by atoms with E-state index in [9.17, 15) is 14.4 Å². The maximum Gasteiger partial charge on any atom is 0.338 e. The minimum absolute atomic E-state index is 0.0335. The molecule has 25 heavy (non-hydrogen) atoms. The Morgan fingerprint density at radius 1 is 1.20 bits per heavy atom. The predicted molar refractivity (Wildman–Crippen MR) is 92.8 cm³/mol. The molecule has 1 aromatic heterocycles. The number of amides is 1. The number of carbonyl (C=O) groups is 3. The van der Waals surface area contributed by atoms with Crippen molar-refractivity contribution in [2.24, 2.45) is 0 Å². The summed E-state index contributed by atoms with van der Waals surface area (Å²) in [6.45, 7) is 1.57. The van der Waals surface area contributed by atoms with E-state index in [1.54, 1.807) is 24.4 Å². The van der Waals surface area contributed by atoms with Crippen molar-refractivity contribution < 1.29 is 23.9 Å². The van der Waals surface area contributed by atoms with Crippen molar-refractivity contribution in [2.75, 3.05) is 18.5 Å². The number of thiazole rings is 1. The molecule has 0 spiro atoms. The van der Waals surface area contributed by atoms with Crippen LogP contribution in [-0.2, 0) is 25.5 Å². The second-order valence-corrected chi connectivity index (χ2v) is 6.05. The van der Waals surface area contributed by atoms with E-state index in [-0.39, 0.29) is 12.4 Å². The summed E-state index contributed by atoms with van der Waals surface area (Å²) < 4.78 is 9.74. The average molecular weight is 383 g/mol. The van der Waals surface area contributed by atoms with E-state index < -0.39 is 18.5 Å². The third-order valence-corrected chi connectivity index (χ3v) is 3.90. The zero-order chi connectivity index (χ0) is 18.2. The van der Waals surface area contributed by atoms with Crippen molar-refractivity contribution in [3.05, 3.63) is 45.9 Å². The van der Waals surface area contributed by atoms with Gasteiger partial charge in [-0.2, -0.15) is 0 Å². The molecule has 9 heteroatoms. The molecule has 0 bridgehead atoms. The minimum Gasteiger partial charge on any atom is -0.466 e. The molecule has 0 aliphatic heterocycles. The van der Waals surface area contributed by atoms with Gasteiger partial charge in [0.05, 0.1) is 24.3 Å². The molecule has 1 heterocycles. The molecule has 0 saturated carbocycles. The molecular formula is C16H15ClN2O5S. The zero-order valence-corrected chi connectivity index (χ0v) is 14.9. The Hall–Kier alpha value is -2.45. The molecule has 1 N–H and O–H groups in total. The van der Waals surface area contributed by atoms with Crippen LogP contribution in [0.5, 0.6) is 0 Å². The molecule has 0 atom stereocenters. The number of carbonyl (C=O) groups excluding carboxylic acids is 3. The highest BCUT2D eigenvalue weighted by Crippen LogP contribution is 2.16. The molecule has 2 rings (SSSR count). The van der Waals surface area contributed by atoms with Crippen molar-refractivity contribution in [2.45, 2.75) is 13.3 Å². The Morgan fingerprint density at radius 2 is 1.92 bits per heavy atom. The summed E-state index contributed by atoms with van der Waals surface area (Å²) in [6, 6.07) is 6.12. The summed E-state index contributed by atoms with van der Waals surface area (Å²) in [5.41, 5.74) is 0.792. The van der Waals surface area contributed by atoms with Crippen LogP contribution in [0, 0.1) is 0 Å². The van der Waals surface area contributed by atoms with Gasteiger partial charge in [-0.25, -0.2) is 9.78 Å². The Morgan fingerprint density at radius 3 is 2.60 bits per heavy atom. The van der Waals surface area contributed by atoms with Crippen LogP contribution in [0.3, 0.4) is 0 Å². The topological polar surface area (TPSA) is 94.6 Å². The van der Waals surface area contributed by atoms with E-state index in [1.807, 2.05) is 0 Å². The van der Waals surface area contributed by atoms with Crippen LogP contribution in [0.25, 0.3) is 0 Å². The van der Waals surface area contributed by atoms with Crippen LogP contribution in [0.2, 0.25) is 5.02 Å². The molecular weight excluding hydrogens is 368 g/mol. The summed E-state index contributed by atoms with van der Waals surface area (Å²) in [7, 11) is 0. The van der Waals surface area contributed by atoms with Gasteiger partial charge >= 0.3 is 11.9 Å². The minimum atomic E-state index is -0.631. The first-order chi connectivity index (χ1) is 12.0. The SMILES string of the molecule is CCOC(=O)Cc1csc(NC(=O)COC(=O)c2ccc(Cl)cc2)n1. The van der Waals surface area contributed by atoms with E-state index in [0.717, 1.165) is 11.3 Å². The lowest BCUT2D eigenvalue weighted by Gasteiger charge is -2.04. The molecule has 0 saturated heterocycles. The number of hydrogen-bond acceptors (Lipinski definition) is 7. The predicted octanol–water partition coefficient (Wildman–Crippen LogP) is 2.70. The maximum absolute atomic E-state index is 11.8. The van der Waals surface area contributed by atoms with Gasteiger partial charge in [-0.1, -0.05) is 11.6 Å². The Kier molecular flexibility index (Phi) is 6.91. The normalized spacial score (nSPS) is 10.2. The fourth-order valence-corrected chi connectivity index (χ4v) is 2.61. The van der Waals surface area contributed by atoms with Gasteiger partial charge in [0.15, 0.2) is 11.7 Å². The average Bonchev–Trinajstić information content (AvgIpc) is 3.00. The van der Waals surface area contributed by atoms with Crippen LogP contribution in [0.1, 0.15) is 23.0 Å². The third kappa shape index (κ3) is 6.17. The zero-order valence-electron chi connectivity index (χ0n) is 13.3. The largest absolute Gasteiger partial charge is 0.466 e. The van der Waals surface area contributed by atoms with Crippen LogP contribution in [-0.4, -0.2) is 36.0 Å². The van der Waals surface area contributed by atoms with Crippen molar-refractivity contribution in [3.63, 3.8) is 0 Å². The maximum atomic E-state index is 11.8. The van der Waals surface area contributed by atoms with E-state index in [1.165, 1.54) is 12.1 Å². The monoisotopic (exact) mass is 382 g/mol. The molecule has 2 aromatic rings. The van der Waals surface area contributed by atoms with Crippen molar-refractivity contribution in [1.82, 2.24) is 4.98 Å². The van der Waals surface area contributed by atoms with E-state index >= 15 is 0 Å². The number of nitrogens with one attached hydrogen (secondary N) is 1. The number of benzene rings is 1. The van der Waals surface area contributed by atoms with Crippen LogP contribution >= 0.6 is 22.9 Å². The van der Waals surface area contributed by atoms with E-state index in [2.05, 4.69) is 10.3 Å². The van der Waals surface area contributed by atoms with Gasteiger partial charge in [-0.15, -0.1) is 11.3 Å². The molecule has 0 fully saturated rings. The molecule has 0 aliphatic rings. The fraction of sp³-hybridized carbons (Fsp3) is 0.250. The quantitative estimate of drug-likeness (QED) is 0.740. The first kappa shape index (κ1) is 18.9. The van der Waals surface area contributed by atoms with Crippen LogP contribution < -0.4 is 5.32 Å². The molecule has 0 aliphatic carbocycles. The Labute approximate surface area is 152 Å². The Bertz CT molecular complexity index is 760. The number of nitrogens with zero attached hydrogens (tertiary/aromatic N) is 1. The van der Waals surface area contributed by atoms with Gasteiger partial charge in [-0.3, -0.25) is 14.9 Å². The van der Waals surface area contributed by atoms with Crippen LogP contribution in [0.4, 0.5) is 5.13 Å². The molecule has 1 amide bonds. The molecule has 1 aromatic carbocycles. The molecule has 0 radical (unpaired) electrons. The van der Waals surface area contributed by atoms with Gasteiger partial charge < -0.3 is 9.47 Å². The highest BCUT2D eigenvalue weighted by atomic mass is 35.5.